The Hall–Kier alpha value is -0.983. The van der Waals surface area contributed by atoms with Gasteiger partial charge in [-0.05, 0) is 50.0 Å². The third kappa shape index (κ3) is 6.26. The summed E-state index contributed by atoms with van der Waals surface area (Å²) in [4.78, 5) is 0. The number of aliphatic hydroxyl groups excluding tert-OH is 1. The Morgan fingerprint density at radius 1 is 0.964 bits per heavy atom. The molecule has 0 bridgehead atoms. The fourth-order valence-corrected chi connectivity index (χ4v) is 4.18. The van der Waals surface area contributed by atoms with Gasteiger partial charge in [-0.2, -0.15) is 0 Å². The van der Waals surface area contributed by atoms with E-state index in [1.807, 2.05) is 57.2 Å². The minimum atomic E-state index is -2.01. The number of benzene rings is 1. The number of hydrogen-bond acceptors (Lipinski definition) is 4. The van der Waals surface area contributed by atoms with Crippen LogP contribution < -0.4 is 0 Å². The fraction of sp³-hybridized carbons (Fsp3) is 0.652. The van der Waals surface area contributed by atoms with Crippen LogP contribution in [0.1, 0.15) is 47.1 Å². The Balaban J connectivity index is 2.12. The highest BCUT2D eigenvalue weighted by Gasteiger charge is 2.45. The van der Waals surface area contributed by atoms with Gasteiger partial charge in [0.25, 0.3) is 0 Å². The molecular formula is C23H38O4Si. The summed E-state index contributed by atoms with van der Waals surface area (Å²) in [6.45, 7) is 18.0. The van der Waals surface area contributed by atoms with Crippen molar-refractivity contribution in [3.63, 3.8) is 0 Å². The normalized spacial score (nSPS) is 23.8. The molecule has 28 heavy (non-hydrogen) atoms. The maximum Gasteiger partial charge on any atom is 0.193 e. The average Bonchev–Trinajstić information content (AvgIpc) is 2.82. The van der Waals surface area contributed by atoms with Gasteiger partial charge in [0.1, 0.15) is 12.2 Å². The SMILES string of the molecule is CC(C)(C)O[C@@H]1C(COCc2ccccc2)=C[C@H](O[Si](C)(C)C(C)(C)C)[C@H]1O. The molecule has 2 rings (SSSR count). The van der Waals surface area contributed by atoms with Crippen LogP contribution in [-0.4, -0.2) is 43.9 Å². The molecule has 158 valence electrons. The van der Waals surface area contributed by atoms with Gasteiger partial charge in [0.2, 0.25) is 0 Å². The highest BCUT2D eigenvalue weighted by atomic mass is 28.4. The van der Waals surface area contributed by atoms with Crippen LogP contribution in [0, 0.1) is 0 Å². The van der Waals surface area contributed by atoms with Crippen molar-refractivity contribution in [3.05, 3.63) is 47.5 Å². The lowest BCUT2D eigenvalue weighted by molar-refractivity contribution is -0.107. The van der Waals surface area contributed by atoms with Crippen LogP contribution in [0.2, 0.25) is 18.1 Å². The Morgan fingerprint density at radius 2 is 1.57 bits per heavy atom. The van der Waals surface area contributed by atoms with Crippen LogP contribution in [0.3, 0.4) is 0 Å². The van der Waals surface area contributed by atoms with Crippen LogP contribution in [0.5, 0.6) is 0 Å². The summed E-state index contributed by atoms with van der Waals surface area (Å²) in [6, 6.07) is 10.1. The van der Waals surface area contributed by atoms with Crippen LogP contribution >= 0.6 is 0 Å². The molecule has 1 N–H and O–H groups in total. The van der Waals surface area contributed by atoms with Gasteiger partial charge in [-0.3, -0.25) is 0 Å². The van der Waals surface area contributed by atoms with Gasteiger partial charge in [-0.15, -0.1) is 0 Å². The van der Waals surface area contributed by atoms with Crippen molar-refractivity contribution in [2.75, 3.05) is 6.61 Å². The predicted molar refractivity (Wildman–Crippen MR) is 117 cm³/mol. The average molecular weight is 407 g/mol. The monoisotopic (exact) mass is 406 g/mol. The first kappa shape index (κ1) is 23.3. The molecule has 1 aromatic carbocycles. The van der Waals surface area contributed by atoms with Gasteiger partial charge in [0.05, 0.1) is 24.9 Å². The second kappa shape index (κ2) is 8.80. The molecule has 0 aliphatic heterocycles. The van der Waals surface area contributed by atoms with E-state index in [1.165, 1.54) is 0 Å². The van der Waals surface area contributed by atoms with Gasteiger partial charge < -0.3 is 19.0 Å². The van der Waals surface area contributed by atoms with Crippen LogP contribution in [0.25, 0.3) is 0 Å². The van der Waals surface area contributed by atoms with Crippen molar-refractivity contribution >= 4 is 8.32 Å². The number of hydrogen-bond donors (Lipinski definition) is 1. The van der Waals surface area contributed by atoms with E-state index >= 15 is 0 Å². The van der Waals surface area contributed by atoms with Gasteiger partial charge in [0, 0.05) is 0 Å². The molecule has 0 aromatic heterocycles. The quantitative estimate of drug-likeness (QED) is 0.507. The second-order valence-electron chi connectivity index (χ2n) is 10.2. The van der Waals surface area contributed by atoms with Crippen LogP contribution in [-0.2, 0) is 20.5 Å². The largest absolute Gasteiger partial charge is 0.408 e. The standard InChI is InChI=1S/C23H38O4Si/c1-22(2,3)26-21-18(16-25-15-17-12-10-9-11-13-17)14-19(20(21)24)27-28(7,8)23(4,5)6/h9-14,19-21,24H,15-16H2,1-8H3/t19-,20+,21+/m0/s1. The molecule has 0 saturated heterocycles. The molecule has 0 unspecified atom stereocenters. The fourth-order valence-electron chi connectivity index (χ4n) is 2.93. The van der Waals surface area contributed by atoms with Crippen molar-refractivity contribution < 1.29 is 19.0 Å². The number of ether oxygens (including phenoxy) is 2. The third-order valence-corrected chi connectivity index (χ3v) is 9.96. The summed E-state index contributed by atoms with van der Waals surface area (Å²) >= 11 is 0. The molecule has 0 amide bonds. The maximum atomic E-state index is 11.0. The maximum absolute atomic E-state index is 11.0. The first-order chi connectivity index (χ1) is 12.8. The van der Waals surface area contributed by atoms with E-state index in [2.05, 4.69) is 33.9 Å². The molecule has 0 saturated carbocycles. The van der Waals surface area contributed by atoms with Gasteiger partial charge in [0.15, 0.2) is 8.32 Å². The lowest BCUT2D eigenvalue weighted by Gasteiger charge is -2.39. The molecule has 5 heteroatoms. The summed E-state index contributed by atoms with van der Waals surface area (Å²) in [5.41, 5.74) is 1.72. The Bertz CT molecular complexity index is 655. The van der Waals surface area contributed by atoms with Crippen molar-refractivity contribution in [2.45, 2.75) is 90.2 Å². The zero-order valence-electron chi connectivity index (χ0n) is 18.8. The lowest BCUT2D eigenvalue weighted by Crippen LogP contribution is -2.48. The van der Waals surface area contributed by atoms with Crippen molar-refractivity contribution in [1.29, 1.82) is 0 Å². The highest BCUT2D eigenvalue weighted by Crippen LogP contribution is 2.40. The summed E-state index contributed by atoms with van der Waals surface area (Å²) < 4.78 is 18.6. The number of aliphatic hydroxyl groups is 1. The highest BCUT2D eigenvalue weighted by molar-refractivity contribution is 6.74. The minimum absolute atomic E-state index is 0.0769. The Morgan fingerprint density at radius 3 is 2.11 bits per heavy atom. The topological polar surface area (TPSA) is 47.9 Å². The van der Waals surface area contributed by atoms with E-state index in [9.17, 15) is 5.11 Å². The van der Waals surface area contributed by atoms with Gasteiger partial charge >= 0.3 is 0 Å². The molecule has 0 spiro atoms. The number of rotatable bonds is 7. The molecule has 0 radical (unpaired) electrons. The molecule has 1 aromatic rings. The van der Waals surface area contributed by atoms with Gasteiger partial charge in [-0.1, -0.05) is 57.2 Å². The lowest BCUT2D eigenvalue weighted by atomic mass is 10.1. The summed E-state index contributed by atoms with van der Waals surface area (Å²) in [5.74, 6) is 0. The smallest absolute Gasteiger partial charge is 0.193 e. The molecule has 3 atom stereocenters. The third-order valence-electron chi connectivity index (χ3n) is 5.49. The summed E-state index contributed by atoms with van der Waals surface area (Å²) in [7, 11) is -2.01. The van der Waals surface area contributed by atoms with Crippen LogP contribution in [0.4, 0.5) is 0 Å². The summed E-state index contributed by atoms with van der Waals surface area (Å²) in [6.07, 6.45) is 0.532. The first-order valence-corrected chi connectivity index (χ1v) is 13.1. The van der Waals surface area contributed by atoms with Crippen LogP contribution in [0.15, 0.2) is 42.0 Å². The molecule has 0 heterocycles. The zero-order valence-corrected chi connectivity index (χ0v) is 19.8. The molecule has 1 aliphatic rings. The molecule has 0 fully saturated rings. The van der Waals surface area contributed by atoms with E-state index < -0.39 is 20.5 Å². The second-order valence-corrected chi connectivity index (χ2v) is 15.0. The predicted octanol–water partition coefficient (Wildman–Crippen LogP) is 5.08. The van der Waals surface area contributed by atoms with Crippen molar-refractivity contribution in [3.8, 4) is 0 Å². The van der Waals surface area contributed by atoms with E-state index in [-0.39, 0.29) is 16.7 Å². The Labute approximate surface area is 172 Å². The molecule has 1 aliphatic carbocycles. The van der Waals surface area contributed by atoms with Crippen molar-refractivity contribution in [2.24, 2.45) is 0 Å². The van der Waals surface area contributed by atoms with E-state index in [4.69, 9.17) is 13.9 Å². The first-order valence-electron chi connectivity index (χ1n) is 10.2. The van der Waals surface area contributed by atoms with E-state index in [0.717, 1.165) is 11.1 Å². The Kier molecular flexibility index (Phi) is 7.32. The molecular weight excluding hydrogens is 368 g/mol. The van der Waals surface area contributed by atoms with Crippen molar-refractivity contribution in [1.82, 2.24) is 0 Å². The zero-order chi connectivity index (χ0) is 21.2. The van der Waals surface area contributed by atoms with E-state index in [0.29, 0.717) is 13.2 Å². The van der Waals surface area contributed by atoms with Gasteiger partial charge in [-0.25, -0.2) is 0 Å². The molecule has 4 nitrogen and oxygen atoms in total. The summed E-state index contributed by atoms with van der Waals surface area (Å²) in [5, 5.41) is 11.1. The van der Waals surface area contributed by atoms with E-state index in [1.54, 1.807) is 0 Å². The minimum Gasteiger partial charge on any atom is -0.408 e.